The summed E-state index contributed by atoms with van der Waals surface area (Å²) in [5.41, 5.74) is 2.82. The Morgan fingerprint density at radius 1 is 1.04 bits per heavy atom. The molecule has 0 aliphatic carbocycles. The highest BCUT2D eigenvalue weighted by Gasteiger charge is 2.16. The van der Waals surface area contributed by atoms with Gasteiger partial charge in [-0.25, -0.2) is 0 Å². The molecule has 26 heavy (non-hydrogen) atoms. The molecule has 8 nitrogen and oxygen atoms in total. The summed E-state index contributed by atoms with van der Waals surface area (Å²) in [4.78, 5) is 32.3. The molecule has 0 fully saturated rings. The standard InChI is InChI=1S/C18H12N6O2/c25-15-8-14(10-4-5-12-11(7-10)9-20-22-12)21-17-16(18(26)23-24(15)17)13-3-1-2-6-19-13/h1-9,21H,(H,20,22)(H,23,26). The lowest BCUT2D eigenvalue weighted by atomic mass is 10.1. The molecular formula is C18H12N6O2. The van der Waals surface area contributed by atoms with Crippen LogP contribution in [0.25, 0.3) is 39.1 Å². The molecule has 0 aliphatic rings. The smallest absolute Gasteiger partial charge is 0.276 e. The van der Waals surface area contributed by atoms with Crippen molar-refractivity contribution in [1.29, 1.82) is 0 Å². The van der Waals surface area contributed by atoms with Crippen LogP contribution >= 0.6 is 0 Å². The molecule has 0 bridgehead atoms. The lowest BCUT2D eigenvalue weighted by Crippen LogP contribution is -2.15. The number of H-pyrrole nitrogens is 3. The molecule has 0 atom stereocenters. The average molecular weight is 344 g/mol. The van der Waals surface area contributed by atoms with E-state index >= 15 is 0 Å². The lowest BCUT2D eigenvalue weighted by Gasteiger charge is -2.05. The second-order valence-electron chi connectivity index (χ2n) is 5.91. The van der Waals surface area contributed by atoms with Crippen LogP contribution in [0.15, 0.2) is 64.4 Å². The van der Waals surface area contributed by atoms with Gasteiger partial charge in [0.2, 0.25) is 0 Å². The molecule has 0 unspecified atom stereocenters. The fraction of sp³-hybridized carbons (Fsp3) is 0. The first-order chi connectivity index (χ1) is 12.7. The molecule has 0 aliphatic heterocycles. The van der Waals surface area contributed by atoms with Crippen LogP contribution in [0.5, 0.6) is 0 Å². The Morgan fingerprint density at radius 3 is 2.81 bits per heavy atom. The second-order valence-corrected chi connectivity index (χ2v) is 5.91. The Hall–Kier alpha value is -3.94. The Morgan fingerprint density at radius 2 is 1.96 bits per heavy atom. The number of nitrogens with zero attached hydrogens (tertiary/aromatic N) is 3. The number of aromatic nitrogens is 6. The predicted octanol–water partition coefficient (Wildman–Crippen LogP) is 1.92. The molecular weight excluding hydrogens is 332 g/mol. The fourth-order valence-corrected chi connectivity index (χ4v) is 3.08. The van der Waals surface area contributed by atoms with Crippen molar-refractivity contribution < 1.29 is 0 Å². The minimum absolute atomic E-state index is 0.328. The van der Waals surface area contributed by atoms with Crippen LogP contribution in [0.4, 0.5) is 0 Å². The van der Waals surface area contributed by atoms with Crippen molar-refractivity contribution in [3.05, 3.63) is 75.6 Å². The van der Waals surface area contributed by atoms with Gasteiger partial charge in [-0.05, 0) is 29.8 Å². The highest BCUT2D eigenvalue weighted by Crippen LogP contribution is 2.23. The lowest BCUT2D eigenvalue weighted by molar-refractivity contribution is 0.884. The second kappa shape index (κ2) is 5.28. The quantitative estimate of drug-likeness (QED) is 0.454. The van der Waals surface area contributed by atoms with Crippen LogP contribution in [0.2, 0.25) is 0 Å². The van der Waals surface area contributed by atoms with E-state index in [4.69, 9.17) is 0 Å². The molecule has 0 saturated carbocycles. The van der Waals surface area contributed by atoms with Gasteiger partial charge < -0.3 is 4.98 Å². The highest BCUT2D eigenvalue weighted by atomic mass is 16.1. The number of hydrogen-bond donors (Lipinski definition) is 3. The van der Waals surface area contributed by atoms with Crippen LogP contribution in [-0.2, 0) is 0 Å². The molecule has 126 valence electrons. The van der Waals surface area contributed by atoms with Gasteiger partial charge in [-0.2, -0.15) is 9.61 Å². The molecule has 3 N–H and O–H groups in total. The van der Waals surface area contributed by atoms with Crippen LogP contribution in [0.3, 0.4) is 0 Å². The van der Waals surface area contributed by atoms with Gasteiger partial charge in [0.15, 0.2) is 0 Å². The van der Waals surface area contributed by atoms with E-state index in [2.05, 4.69) is 25.3 Å². The van der Waals surface area contributed by atoms with Crippen LogP contribution < -0.4 is 11.1 Å². The molecule has 4 heterocycles. The topological polar surface area (TPSA) is 112 Å². The van der Waals surface area contributed by atoms with Gasteiger partial charge in [0.05, 0.1) is 23.1 Å². The molecule has 0 amide bonds. The molecule has 1 aromatic carbocycles. The number of aromatic amines is 3. The van der Waals surface area contributed by atoms with Crippen molar-refractivity contribution in [3.63, 3.8) is 0 Å². The summed E-state index contributed by atoms with van der Waals surface area (Å²) in [7, 11) is 0. The Balaban J connectivity index is 1.80. The molecule has 5 aromatic rings. The third-order valence-electron chi connectivity index (χ3n) is 4.31. The monoisotopic (exact) mass is 344 g/mol. The van der Waals surface area contributed by atoms with Crippen LogP contribution in [-0.4, -0.2) is 29.8 Å². The van der Waals surface area contributed by atoms with Gasteiger partial charge in [-0.15, -0.1) is 0 Å². The summed E-state index contributed by atoms with van der Waals surface area (Å²) in [6, 6.07) is 12.4. The van der Waals surface area contributed by atoms with E-state index in [-0.39, 0.29) is 11.1 Å². The number of nitrogens with one attached hydrogen (secondary N) is 3. The Kier molecular flexibility index (Phi) is 2.93. The molecule has 5 rings (SSSR count). The molecule has 0 radical (unpaired) electrons. The van der Waals surface area contributed by atoms with Crippen molar-refractivity contribution >= 4 is 16.6 Å². The summed E-state index contributed by atoms with van der Waals surface area (Å²) in [5, 5.41) is 10.4. The molecule has 0 saturated heterocycles. The Labute approximate surface area is 145 Å². The zero-order valence-corrected chi connectivity index (χ0v) is 13.4. The summed E-state index contributed by atoms with van der Waals surface area (Å²) in [5.74, 6) is 0. The summed E-state index contributed by atoms with van der Waals surface area (Å²) < 4.78 is 1.20. The van der Waals surface area contributed by atoms with Crippen molar-refractivity contribution in [3.8, 4) is 22.5 Å². The largest absolute Gasteiger partial charge is 0.339 e. The average Bonchev–Trinajstić information content (AvgIpc) is 3.25. The van der Waals surface area contributed by atoms with Gasteiger partial charge in [0.25, 0.3) is 11.1 Å². The SMILES string of the molecule is O=c1[nH]n2c(=O)cc(-c3ccc4[nH]ncc4c3)[nH]c2c1-c1ccccn1. The zero-order valence-electron chi connectivity index (χ0n) is 13.4. The highest BCUT2D eigenvalue weighted by molar-refractivity contribution is 5.84. The van der Waals surface area contributed by atoms with Gasteiger partial charge in [0, 0.05) is 17.6 Å². The summed E-state index contributed by atoms with van der Waals surface area (Å²) in [6.45, 7) is 0. The zero-order chi connectivity index (χ0) is 17.7. The maximum atomic E-state index is 12.5. The number of hydrogen-bond acceptors (Lipinski definition) is 4. The first-order valence-corrected chi connectivity index (χ1v) is 7.94. The normalized spacial score (nSPS) is 11.4. The molecule has 8 heteroatoms. The van der Waals surface area contributed by atoms with Crippen molar-refractivity contribution in [1.82, 2.24) is 29.8 Å². The predicted molar refractivity (Wildman–Crippen MR) is 97.0 cm³/mol. The van der Waals surface area contributed by atoms with Crippen molar-refractivity contribution in [2.24, 2.45) is 0 Å². The third-order valence-corrected chi connectivity index (χ3v) is 4.31. The van der Waals surface area contributed by atoms with E-state index in [0.29, 0.717) is 22.6 Å². The first kappa shape index (κ1) is 14.4. The van der Waals surface area contributed by atoms with Crippen molar-refractivity contribution in [2.45, 2.75) is 0 Å². The van der Waals surface area contributed by atoms with E-state index in [1.165, 1.54) is 10.6 Å². The van der Waals surface area contributed by atoms with Gasteiger partial charge in [-0.1, -0.05) is 12.1 Å². The summed E-state index contributed by atoms with van der Waals surface area (Å²) >= 11 is 0. The van der Waals surface area contributed by atoms with E-state index in [1.54, 1.807) is 30.6 Å². The van der Waals surface area contributed by atoms with E-state index in [0.717, 1.165) is 16.5 Å². The van der Waals surface area contributed by atoms with E-state index in [1.807, 2.05) is 18.2 Å². The third kappa shape index (κ3) is 2.09. The van der Waals surface area contributed by atoms with E-state index < -0.39 is 0 Å². The molecule has 0 spiro atoms. The first-order valence-electron chi connectivity index (χ1n) is 7.94. The molecule has 4 aromatic heterocycles. The van der Waals surface area contributed by atoms with Crippen LogP contribution in [0.1, 0.15) is 0 Å². The van der Waals surface area contributed by atoms with Crippen LogP contribution in [0, 0.1) is 0 Å². The number of benzene rings is 1. The summed E-state index contributed by atoms with van der Waals surface area (Å²) in [6.07, 6.45) is 3.32. The van der Waals surface area contributed by atoms with Gasteiger partial charge >= 0.3 is 0 Å². The minimum Gasteiger partial charge on any atom is -0.339 e. The van der Waals surface area contributed by atoms with Gasteiger partial charge in [-0.3, -0.25) is 24.8 Å². The maximum absolute atomic E-state index is 12.5. The van der Waals surface area contributed by atoms with Gasteiger partial charge in [0.1, 0.15) is 11.2 Å². The number of rotatable bonds is 2. The number of pyridine rings is 1. The number of fused-ring (bicyclic) bond motifs is 2. The Bertz CT molecular complexity index is 1370. The fourth-order valence-electron chi connectivity index (χ4n) is 3.08. The maximum Gasteiger partial charge on any atom is 0.276 e. The minimum atomic E-state index is -0.375. The van der Waals surface area contributed by atoms with E-state index in [9.17, 15) is 9.59 Å². The van der Waals surface area contributed by atoms with Crippen molar-refractivity contribution in [2.75, 3.05) is 0 Å².